The van der Waals surface area contributed by atoms with Crippen molar-refractivity contribution in [2.24, 2.45) is 0 Å². The lowest BCUT2D eigenvalue weighted by molar-refractivity contribution is 0.368. The van der Waals surface area contributed by atoms with Crippen molar-refractivity contribution in [2.75, 3.05) is 10.8 Å². The maximum atomic E-state index is 9.75. The average Bonchev–Trinajstić information content (AvgIpc) is 1.88. The first-order valence-electron chi connectivity index (χ1n) is 2.88. The van der Waals surface area contributed by atoms with E-state index in [0.717, 1.165) is 0 Å². The van der Waals surface area contributed by atoms with Gasteiger partial charge in [0.15, 0.2) is 0 Å². The molecule has 0 aromatic heterocycles. The van der Waals surface area contributed by atoms with E-state index in [9.17, 15) is 17.3 Å². The van der Waals surface area contributed by atoms with Gasteiger partial charge in [-0.1, -0.05) is 0 Å². The standard InChI is InChI=1S/C4H7S2.BF4/c1-2-5-4-6-3-1;2-1(3,4)5/h2H,1,3-4H2;/q+1;-1. The van der Waals surface area contributed by atoms with E-state index in [2.05, 4.69) is 5.75 Å². The van der Waals surface area contributed by atoms with Crippen LogP contribution >= 0.6 is 23.5 Å². The molecule has 7 heteroatoms. The summed E-state index contributed by atoms with van der Waals surface area (Å²) in [6.45, 7) is 0. The molecule has 1 saturated heterocycles. The van der Waals surface area contributed by atoms with Crippen molar-refractivity contribution >= 4 is 30.8 Å². The molecule has 0 saturated carbocycles. The van der Waals surface area contributed by atoms with Gasteiger partial charge in [-0.05, 0) is 0 Å². The second-order valence-electron chi connectivity index (χ2n) is 1.64. The van der Waals surface area contributed by atoms with Gasteiger partial charge in [-0.3, -0.25) is 0 Å². The molecule has 0 amide bonds. The van der Waals surface area contributed by atoms with Crippen LogP contribution in [0.1, 0.15) is 6.42 Å². The van der Waals surface area contributed by atoms with Crippen molar-refractivity contribution in [3.05, 3.63) is 5.75 Å². The Hall–Kier alpha value is 0.355. The Morgan fingerprint density at radius 1 is 1.18 bits per heavy atom. The third-order valence-corrected chi connectivity index (χ3v) is 2.86. The van der Waals surface area contributed by atoms with Gasteiger partial charge >= 0.3 is 7.25 Å². The molecule has 1 rings (SSSR count). The molecule has 0 atom stereocenters. The fourth-order valence-electron chi connectivity index (χ4n) is 0.370. The molecule has 0 spiro atoms. The highest BCUT2D eigenvalue weighted by Gasteiger charge is 2.20. The zero-order valence-corrected chi connectivity index (χ0v) is 7.24. The lowest BCUT2D eigenvalue weighted by Gasteiger charge is -1.96. The summed E-state index contributed by atoms with van der Waals surface area (Å²) in [6.07, 6.45) is 1.30. The molecule has 0 unspecified atom stereocenters. The fraction of sp³-hybridized carbons (Fsp3) is 0.750. The highest BCUT2D eigenvalue weighted by atomic mass is 32.2. The van der Waals surface area contributed by atoms with Crippen LogP contribution in [0.5, 0.6) is 0 Å². The predicted molar refractivity (Wildman–Crippen MR) is 44.0 cm³/mol. The van der Waals surface area contributed by atoms with Crippen molar-refractivity contribution in [3.63, 3.8) is 0 Å². The van der Waals surface area contributed by atoms with Crippen molar-refractivity contribution < 1.29 is 17.3 Å². The molecule has 0 aromatic rings. The van der Waals surface area contributed by atoms with E-state index in [-0.39, 0.29) is 0 Å². The lowest BCUT2D eigenvalue weighted by Crippen LogP contribution is -2.02. The molecule has 0 nitrogen and oxygen atoms in total. The first kappa shape index (κ1) is 11.4. The SMILES string of the molecule is F[B-](F)(F)F.[CH+]1CCSCS1. The Kier molecular flexibility index (Phi) is 6.13. The Bertz CT molecular complexity index is 75.1. The molecule has 0 N–H and O–H groups in total. The summed E-state index contributed by atoms with van der Waals surface area (Å²) in [5.74, 6) is 3.63. The monoisotopic (exact) mass is 206 g/mol. The molecule has 1 fully saturated rings. The molecular formula is C4H7BF4S2. The van der Waals surface area contributed by atoms with E-state index >= 15 is 0 Å². The molecule has 0 radical (unpaired) electrons. The van der Waals surface area contributed by atoms with Crippen LogP contribution in [0.3, 0.4) is 0 Å². The molecule has 11 heavy (non-hydrogen) atoms. The number of hydrogen-bond donors (Lipinski definition) is 0. The van der Waals surface area contributed by atoms with Crippen molar-refractivity contribution in [2.45, 2.75) is 6.42 Å². The quantitative estimate of drug-likeness (QED) is 0.339. The lowest BCUT2D eigenvalue weighted by atomic mass is 10.3. The van der Waals surface area contributed by atoms with E-state index in [1.54, 1.807) is 0 Å². The highest BCUT2D eigenvalue weighted by Crippen LogP contribution is 2.23. The minimum Gasteiger partial charge on any atom is -0.418 e. The molecule has 66 valence electrons. The summed E-state index contributed by atoms with van der Waals surface area (Å²) in [7, 11) is -6.00. The first-order valence-corrected chi connectivity index (χ1v) is 5.09. The maximum absolute atomic E-state index is 9.75. The minimum atomic E-state index is -6.00. The third-order valence-electron chi connectivity index (χ3n) is 0.649. The van der Waals surface area contributed by atoms with E-state index in [0.29, 0.717) is 0 Å². The molecule has 0 aliphatic carbocycles. The zero-order valence-electron chi connectivity index (χ0n) is 5.60. The van der Waals surface area contributed by atoms with Crippen LogP contribution in [0.2, 0.25) is 0 Å². The second-order valence-corrected chi connectivity index (χ2v) is 4.07. The average molecular weight is 206 g/mol. The van der Waals surface area contributed by atoms with Gasteiger partial charge in [0, 0.05) is 5.75 Å². The smallest absolute Gasteiger partial charge is 0.418 e. The Balaban J connectivity index is 0.000000187. The third kappa shape index (κ3) is 17.9. The topological polar surface area (TPSA) is 0 Å². The normalized spacial score (nSPS) is 17.8. The van der Waals surface area contributed by atoms with Gasteiger partial charge in [-0.25, -0.2) is 0 Å². The van der Waals surface area contributed by atoms with Gasteiger partial charge in [0.1, 0.15) is 12.2 Å². The van der Waals surface area contributed by atoms with Crippen molar-refractivity contribution in [1.82, 2.24) is 0 Å². The van der Waals surface area contributed by atoms with E-state index < -0.39 is 7.25 Å². The van der Waals surface area contributed by atoms with Gasteiger partial charge in [0.25, 0.3) is 0 Å². The maximum Gasteiger partial charge on any atom is 0.673 e. The summed E-state index contributed by atoms with van der Waals surface area (Å²) < 4.78 is 39.0. The minimum absolute atomic E-state index is 1.28. The summed E-state index contributed by atoms with van der Waals surface area (Å²) in [5, 5.41) is 1.28. The van der Waals surface area contributed by atoms with Crippen LogP contribution in [0, 0.1) is 5.75 Å². The predicted octanol–water partition coefficient (Wildman–Crippen LogP) is 3.28. The summed E-state index contributed by atoms with van der Waals surface area (Å²) >= 11 is 3.96. The van der Waals surface area contributed by atoms with E-state index in [4.69, 9.17) is 0 Å². The molecule has 1 aliphatic heterocycles. The molecule has 0 bridgehead atoms. The van der Waals surface area contributed by atoms with Crippen LogP contribution in [0.4, 0.5) is 17.3 Å². The van der Waals surface area contributed by atoms with E-state index in [1.807, 2.05) is 23.5 Å². The Labute approximate surface area is 71.6 Å². The van der Waals surface area contributed by atoms with Gasteiger partial charge in [-0.15, -0.1) is 11.8 Å². The summed E-state index contributed by atoms with van der Waals surface area (Å²) in [4.78, 5) is 0. The van der Waals surface area contributed by atoms with Crippen LogP contribution < -0.4 is 0 Å². The van der Waals surface area contributed by atoms with Gasteiger partial charge < -0.3 is 17.3 Å². The number of hydrogen-bond acceptors (Lipinski definition) is 2. The van der Waals surface area contributed by atoms with Crippen molar-refractivity contribution in [3.8, 4) is 0 Å². The Morgan fingerprint density at radius 2 is 1.73 bits per heavy atom. The van der Waals surface area contributed by atoms with Gasteiger partial charge in [0.2, 0.25) is 0 Å². The fourth-order valence-corrected chi connectivity index (χ4v) is 2.33. The zero-order chi connectivity index (χ0) is 8.74. The highest BCUT2D eigenvalue weighted by molar-refractivity contribution is 8.17. The molecule has 0 aromatic carbocycles. The van der Waals surface area contributed by atoms with Crippen LogP contribution in [-0.2, 0) is 0 Å². The van der Waals surface area contributed by atoms with E-state index in [1.165, 1.54) is 17.3 Å². The number of rotatable bonds is 0. The Morgan fingerprint density at radius 3 is 1.82 bits per heavy atom. The second kappa shape index (κ2) is 5.94. The largest absolute Gasteiger partial charge is 0.673 e. The molecule has 1 heterocycles. The number of halogens is 4. The van der Waals surface area contributed by atoms with Gasteiger partial charge in [0.05, 0.1) is 16.8 Å². The first-order chi connectivity index (χ1) is 5.00. The van der Waals surface area contributed by atoms with Crippen molar-refractivity contribution in [1.29, 1.82) is 0 Å². The summed E-state index contributed by atoms with van der Waals surface area (Å²) in [6, 6.07) is 0. The molecular weight excluding hydrogens is 199 g/mol. The van der Waals surface area contributed by atoms with Crippen LogP contribution in [0.25, 0.3) is 0 Å². The number of thioether (sulfide) groups is 2. The van der Waals surface area contributed by atoms with Crippen LogP contribution in [-0.4, -0.2) is 18.1 Å². The van der Waals surface area contributed by atoms with Gasteiger partial charge in [-0.2, -0.15) is 0 Å². The van der Waals surface area contributed by atoms with Crippen LogP contribution in [0.15, 0.2) is 0 Å². The molecule has 1 aliphatic rings. The summed E-state index contributed by atoms with van der Waals surface area (Å²) in [5.41, 5.74) is 0.